The van der Waals surface area contributed by atoms with Gasteiger partial charge in [0.1, 0.15) is 13.5 Å². The number of aliphatic carboxylic acids is 1. The molecule has 3 atom stereocenters. The first-order valence-electron chi connectivity index (χ1n) is 7.90. The number of carboxylic acids is 1. The molecule has 0 aliphatic rings. The molecule has 8 nitrogen and oxygen atoms in total. The quantitative estimate of drug-likeness (QED) is 0.303. The van der Waals surface area contributed by atoms with Gasteiger partial charge in [0.15, 0.2) is 0 Å². The highest BCUT2D eigenvalue weighted by Crippen LogP contribution is 2.01. The molecule has 0 rings (SSSR count). The van der Waals surface area contributed by atoms with Crippen LogP contribution in [-0.2, 0) is 14.4 Å². The van der Waals surface area contributed by atoms with Gasteiger partial charge in [-0.3, -0.25) is 14.4 Å². The molecule has 128 valence electrons. The number of nitrogens with two attached hydrogens (primary N) is 1. The summed E-state index contributed by atoms with van der Waals surface area (Å²) in [6.07, 6.45) is 0.964. The molecule has 6 N–H and O–H groups in total. The number of carbonyl (C=O) groups excluding carboxylic acids is 2. The Hall–Kier alpha value is -1.67. The summed E-state index contributed by atoms with van der Waals surface area (Å²) in [5, 5.41) is 21.7. The Balaban J connectivity index is 4.79. The zero-order chi connectivity index (χ0) is 18.0. The smallest absolute Gasteiger partial charge is 0.303 e. The first-order chi connectivity index (χ1) is 10.7. The number of amides is 2. The zero-order valence-electron chi connectivity index (χ0n) is 14.1. The molecule has 0 saturated heterocycles. The number of aliphatic hydroxyl groups is 1. The number of unbranched alkanes of at least 4 members (excludes halogenated alkanes) is 2. The molecule has 0 radical (unpaired) electrons. The molecular formula is C14H27N3O5. The minimum atomic E-state index is -1.15. The largest absolute Gasteiger partial charge is 0.481 e. The summed E-state index contributed by atoms with van der Waals surface area (Å²) in [5.41, 5.74) is 5.15. The van der Waals surface area contributed by atoms with Crippen molar-refractivity contribution in [2.24, 2.45) is 5.73 Å². The number of hydrogen-bond acceptors (Lipinski definition) is 5. The molecule has 0 fully saturated rings. The standard InChI is InChI=1S/C14H27N3O5/c1-3-4-5-8-16-12(9(2)18)14(22)17-10(13(15)21)6-7-11(19)20/h9-10,12,16,18H,3-8H2,1-2H3,(H2,15,21)(H,17,22)(H,19,20)/t9-,10+,12+/m1/s1/i/hD. The van der Waals surface area contributed by atoms with Crippen LogP contribution in [0.3, 0.4) is 0 Å². The third-order valence-corrected chi connectivity index (χ3v) is 3.12. The van der Waals surface area contributed by atoms with Crippen LogP contribution in [0.15, 0.2) is 0 Å². The van der Waals surface area contributed by atoms with Crippen molar-refractivity contribution in [2.75, 3.05) is 6.54 Å². The third-order valence-electron chi connectivity index (χ3n) is 3.12. The maximum absolute atomic E-state index is 12.2. The number of aliphatic hydroxyl groups excluding tert-OH is 1. The van der Waals surface area contributed by atoms with E-state index in [1.165, 1.54) is 6.92 Å². The first kappa shape index (κ1) is 18.4. The van der Waals surface area contributed by atoms with Crippen molar-refractivity contribution in [2.45, 2.75) is 64.1 Å². The fourth-order valence-corrected chi connectivity index (χ4v) is 1.86. The molecule has 0 spiro atoms. The van der Waals surface area contributed by atoms with E-state index in [-0.39, 0.29) is 12.8 Å². The normalized spacial score (nSPS) is 15.7. The van der Waals surface area contributed by atoms with E-state index in [0.29, 0.717) is 13.0 Å². The number of hydrogen-bond donors (Lipinski definition) is 5. The summed E-state index contributed by atoms with van der Waals surface area (Å²) >= 11 is 0. The summed E-state index contributed by atoms with van der Waals surface area (Å²) in [5.74, 6) is -2.69. The Bertz CT molecular complexity index is 406. The molecule has 0 saturated carbocycles. The van der Waals surface area contributed by atoms with E-state index in [1.807, 2.05) is 6.92 Å². The Morgan fingerprint density at radius 3 is 2.41 bits per heavy atom. The minimum absolute atomic E-state index is 0.142. The van der Waals surface area contributed by atoms with Gasteiger partial charge in [-0.2, -0.15) is 0 Å². The van der Waals surface area contributed by atoms with E-state index in [2.05, 4.69) is 5.32 Å². The maximum Gasteiger partial charge on any atom is 0.303 e. The fraction of sp³-hybridized carbons (Fsp3) is 0.786. The SMILES string of the molecule is [2H]N(CCCCC)[C@H](C(=O)N[C@@H](CCC(=O)O)C(N)=O)[C@@H](C)O. The van der Waals surface area contributed by atoms with Crippen molar-refractivity contribution in [3.8, 4) is 0 Å². The molecule has 0 aromatic rings. The van der Waals surface area contributed by atoms with Gasteiger partial charge in [-0.05, 0) is 26.3 Å². The second kappa shape index (κ2) is 11.0. The van der Waals surface area contributed by atoms with Crippen LogP contribution in [0.4, 0.5) is 0 Å². The second-order valence-electron chi connectivity index (χ2n) is 5.19. The summed E-state index contributed by atoms with van der Waals surface area (Å²) in [7, 11) is 0. The van der Waals surface area contributed by atoms with Crippen LogP contribution in [0.1, 0.15) is 46.0 Å². The molecule has 0 bridgehead atoms. The molecule has 2 amide bonds. The van der Waals surface area contributed by atoms with Gasteiger partial charge in [0, 0.05) is 6.42 Å². The van der Waals surface area contributed by atoms with E-state index >= 15 is 0 Å². The van der Waals surface area contributed by atoms with Gasteiger partial charge in [-0.25, -0.2) is 0 Å². The molecule has 0 aromatic carbocycles. The predicted molar refractivity (Wildman–Crippen MR) is 81.0 cm³/mol. The second-order valence-corrected chi connectivity index (χ2v) is 5.19. The highest BCUT2D eigenvalue weighted by Gasteiger charge is 2.27. The lowest BCUT2D eigenvalue weighted by molar-refractivity contribution is -0.138. The van der Waals surface area contributed by atoms with Crippen LogP contribution in [0.2, 0.25) is 1.41 Å². The lowest BCUT2D eigenvalue weighted by Gasteiger charge is -2.23. The summed E-state index contributed by atoms with van der Waals surface area (Å²) in [4.78, 5) is 34.1. The topological polar surface area (TPSA) is 142 Å². The number of carboxylic acid groups (broad SMARTS) is 1. The average Bonchev–Trinajstić information content (AvgIpc) is 2.42. The van der Waals surface area contributed by atoms with E-state index in [1.54, 1.807) is 0 Å². The third kappa shape index (κ3) is 8.58. The van der Waals surface area contributed by atoms with Crippen LogP contribution >= 0.6 is 0 Å². The zero-order valence-corrected chi connectivity index (χ0v) is 13.1. The van der Waals surface area contributed by atoms with E-state index in [9.17, 15) is 19.5 Å². The highest BCUT2D eigenvalue weighted by molar-refractivity contribution is 5.89. The van der Waals surface area contributed by atoms with Gasteiger partial charge in [0.2, 0.25) is 11.8 Å². The lowest BCUT2D eigenvalue weighted by atomic mass is 10.1. The van der Waals surface area contributed by atoms with Crippen molar-refractivity contribution in [1.29, 1.82) is 0 Å². The van der Waals surface area contributed by atoms with Crippen molar-refractivity contribution in [1.82, 2.24) is 10.6 Å². The van der Waals surface area contributed by atoms with Crippen LogP contribution in [0, 0.1) is 0 Å². The van der Waals surface area contributed by atoms with Gasteiger partial charge in [0.25, 0.3) is 0 Å². The van der Waals surface area contributed by atoms with Crippen molar-refractivity contribution in [3.63, 3.8) is 0 Å². The Kier molecular flexibility index (Phi) is 9.17. The summed E-state index contributed by atoms with van der Waals surface area (Å²) in [6, 6.07) is -2.30. The monoisotopic (exact) mass is 318 g/mol. The van der Waals surface area contributed by atoms with E-state index in [0.717, 1.165) is 18.2 Å². The Morgan fingerprint density at radius 1 is 1.32 bits per heavy atom. The summed E-state index contributed by atoms with van der Waals surface area (Å²) in [6.45, 7) is 3.68. The van der Waals surface area contributed by atoms with Gasteiger partial charge < -0.3 is 26.6 Å². The number of primary amides is 1. The van der Waals surface area contributed by atoms with E-state index in [4.69, 9.17) is 12.3 Å². The highest BCUT2D eigenvalue weighted by atomic mass is 16.4. The van der Waals surface area contributed by atoms with Crippen LogP contribution in [0.25, 0.3) is 0 Å². The van der Waals surface area contributed by atoms with Crippen molar-refractivity contribution < 1.29 is 26.0 Å². The van der Waals surface area contributed by atoms with Gasteiger partial charge in [0.05, 0.1) is 6.10 Å². The number of rotatable bonds is 12. The molecule has 0 aliphatic carbocycles. The molecule has 0 aromatic heterocycles. The molecule has 0 heterocycles. The first-order valence-corrected chi connectivity index (χ1v) is 7.45. The van der Waals surface area contributed by atoms with Gasteiger partial charge in [-0.15, -0.1) is 0 Å². The minimum Gasteiger partial charge on any atom is -0.481 e. The maximum atomic E-state index is 12.2. The van der Waals surface area contributed by atoms with E-state index < -0.39 is 36.0 Å². The van der Waals surface area contributed by atoms with Crippen LogP contribution < -0.4 is 16.4 Å². The van der Waals surface area contributed by atoms with Crippen molar-refractivity contribution in [3.05, 3.63) is 0 Å². The number of carbonyl (C=O) groups is 3. The Labute approximate surface area is 131 Å². The fourth-order valence-electron chi connectivity index (χ4n) is 1.86. The van der Waals surface area contributed by atoms with Crippen LogP contribution in [0.5, 0.6) is 0 Å². The predicted octanol–water partition coefficient (Wildman–Crippen LogP) is -0.649. The summed E-state index contributed by atoms with van der Waals surface area (Å²) < 4.78 is 7.89. The Morgan fingerprint density at radius 2 is 1.95 bits per heavy atom. The van der Waals surface area contributed by atoms with Crippen molar-refractivity contribution >= 4 is 17.8 Å². The van der Waals surface area contributed by atoms with Gasteiger partial charge in [-0.1, -0.05) is 19.8 Å². The molecular weight excluding hydrogens is 290 g/mol. The molecule has 0 unspecified atom stereocenters. The van der Waals surface area contributed by atoms with Gasteiger partial charge >= 0.3 is 5.97 Å². The molecule has 8 heteroatoms. The van der Waals surface area contributed by atoms with Crippen LogP contribution in [-0.4, -0.2) is 52.7 Å². The molecule has 22 heavy (non-hydrogen) atoms. The molecule has 0 aliphatic heterocycles. The average molecular weight is 318 g/mol. The number of nitrogens with one attached hydrogen (secondary N) is 2. The lowest BCUT2D eigenvalue weighted by Crippen LogP contribution is -2.55.